The Kier molecular flexibility index (Phi) is 5.48. The molecule has 0 amide bonds. The van der Waals surface area contributed by atoms with E-state index in [0.717, 1.165) is 11.1 Å². The van der Waals surface area contributed by atoms with Crippen LogP contribution in [0, 0.1) is 0 Å². The Morgan fingerprint density at radius 3 is 2.43 bits per heavy atom. The molecule has 146 valence electrons. The quantitative estimate of drug-likeness (QED) is 0.624. The average Bonchev–Trinajstić information content (AvgIpc) is 3.19. The Bertz CT molecular complexity index is 1050. The highest BCUT2D eigenvalue weighted by Gasteiger charge is 2.31. The van der Waals surface area contributed by atoms with Crippen molar-refractivity contribution >= 4 is 21.6 Å². The van der Waals surface area contributed by atoms with Crippen molar-refractivity contribution in [1.29, 1.82) is 0 Å². The topological polar surface area (TPSA) is 76.3 Å². The average molecular weight is 418 g/mol. The van der Waals surface area contributed by atoms with Crippen LogP contribution in [-0.2, 0) is 15.8 Å². The number of halogens is 1. The summed E-state index contributed by atoms with van der Waals surface area (Å²) in [5, 5.41) is 4.61. The molecule has 0 bridgehead atoms. The van der Waals surface area contributed by atoms with E-state index in [4.69, 9.17) is 16.1 Å². The van der Waals surface area contributed by atoms with Gasteiger partial charge in [0.15, 0.2) is 0 Å². The van der Waals surface area contributed by atoms with E-state index in [1.54, 1.807) is 10.4 Å². The van der Waals surface area contributed by atoms with E-state index in [1.807, 2.05) is 48.5 Å². The third-order valence-electron chi connectivity index (χ3n) is 4.94. The molecule has 0 N–H and O–H groups in total. The van der Waals surface area contributed by atoms with Gasteiger partial charge in [-0.3, -0.25) is 0 Å². The van der Waals surface area contributed by atoms with E-state index in [0.29, 0.717) is 42.7 Å². The summed E-state index contributed by atoms with van der Waals surface area (Å²) in [6.45, 7) is 0.896. The number of benzene rings is 2. The van der Waals surface area contributed by atoms with Gasteiger partial charge in [-0.2, -0.15) is 4.98 Å². The number of hydrogen-bond donors (Lipinski definition) is 0. The maximum atomic E-state index is 12.7. The van der Waals surface area contributed by atoms with E-state index in [1.165, 1.54) is 0 Å². The van der Waals surface area contributed by atoms with E-state index in [-0.39, 0.29) is 11.7 Å². The predicted molar refractivity (Wildman–Crippen MR) is 107 cm³/mol. The number of sulfonamides is 1. The highest BCUT2D eigenvalue weighted by atomic mass is 35.5. The van der Waals surface area contributed by atoms with Crippen LogP contribution in [0.25, 0.3) is 11.4 Å². The molecule has 0 radical (unpaired) electrons. The molecular formula is C20H20ClN3O3S. The number of nitrogens with zero attached hydrogens (tertiary/aromatic N) is 3. The first-order valence-electron chi connectivity index (χ1n) is 9.13. The second-order valence-electron chi connectivity index (χ2n) is 6.85. The zero-order valence-electron chi connectivity index (χ0n) is 15.2. The zero-order valence-corrected chi connectivity index (χ0v) is 16.7. The van der Waals surface area contributed by atoms with Gasteiger partial charge in [-0.15, -0.1) is 0 Å². The minimum Gasteiger partial charge on any atom is -0.339 e. The minimum absolute atomic E-state index is 0.0235. The van der Waals surface area contributed by atoms with Gasteiger partial charge in [-0.1, -0.05) is 59.2 Å². The maximum Gasteiger partial charge on any atom is 0.230 e. The molecule has 0 spiro atoms. The molecule has 1 aliphatic rings. The molecule has 2 aromatic carbocycles. The van der Waals surface area contributed by atoms with Crippen LogP contribution in [0.5, 0.6) is 0 Å². The summed E-state index contributed by atoms with van der Waals surface area (Å²) in [5.74, 6) is 1.07. The minimum atomic E-state index is -3.34. The number of rotatable bonds is 5. The van der Waals surface area contributed by atoms with Crippen molar-refractivity contribution in [1.82, 2.24) is 14.4 Å². The smallest absolute Gasteiger partial charge is 0.230 e. The molecule has 0 saturated carbocycles. The lowest BCUT2D eigenvalue weighted by atomic mass is 9.98. The van der Waals surface area contributed by atoms with Crippen LogP contribution < -0.4 is 0 Å². The van der Waals surface area contributed by atoms with Crippen LogP contribution in [0.1, 0.15) is 30.2 Å². The summed E-state index contributed by atoms with van der Waals surface area (Å²) in [6, 6.07) is 16.6. The van der Waals surface area contributed by atoms with Gasteiger partial charge in [0.1, 0.15) is 0 Å². The summed E-state index contributed by atoms with van der Waals surface area (Å²) in [7, 11) is -3.34. The van der Waals surface area contributed by atoms with Crippen molar-refractivity contribution in [3.05, 3.63) is 71.1 Å². The summed E-state index contributed by atoms with van der Waals surface area (Å²) in [5.41, 5.74) is 1.52. The Morgan fingerprint density at radius 1 is 1.04 bits per heavy atom. The lowest BCUT2D eigenvalue weighted by Gasteiger charge is -2.29. The van der Waals surface area contributed by atoms with E-state index < -0.39 is 10.0 Å². The highest BCUT2D eigenvalue weighted by molar-refractivity contribution is 7.88. The van der Waals surface area contributed by atoms with Crippen LogP contribution in [0.2, 0.25) is 5.02 Å². The lowest BCUT2D eigenvalue weighted by Crippen LogP contribution is -2.38. The van der Waals surface area contributed by atoms with Crippen molar-refractivity contribution in [3.8, 4) is 11.4 Å². The zero-order chi connectivity index (χ0) is 19.6. The van der Waals surface area contributed by atoms with Crippen molar-refractivity contribution in [2.45, 2.75) is 24.5 Å². The third kappa shape index (κ3) is 4.11. The van der Waals surface area contributed by atoms with E-state index in [2.05, 4.69) is 10.1 Å². The first-order valence-corrected chi connectivity index (χ1v) is 11.1. The first kappa shape index (κ1) is 19.1. The number of piperidine rings is 1. The predicted octanol–water partition coefficient (Wildman–Crippen LogP) is 4.10. The van der Waals surface area contributed by atoms with Gasteiger partial charge >= 0.3 is 0 Å². The van der Waals surface area contributed by atoms with Crippen molar-refractivity contribution in [3.63, 3.8) is 0 Å². The summed E-state index contributed by atoms with van der Waals surface area (Å²) in [4.78, 5) is 4.49. The van der Waals surface area contributed by atoms with Crippen molar-refractivity contribution in [2.24, 2.45) is 0 Å². The van der Waals surface area contributed by atoms with Crippen LogP contribution in [0.3, 0.4) is 0 Å². The molecule has 6 nitrogen and oxygen atoms in total. The molecule has 4 rings (SSSR count). The lowest BCUT2D eigenvalue weighted by molar-refractivity contribution is 0.270. The molecule has 3 aromatic rings. The monoisotopic (exact) mass is 417 g/mol. The van der Waals surface area contributed by atoms with Crippen molar-refractivity contribution in [2.75, 3.05) is 13.1 Å². The van der Waals surface area contributed by atoms with Crippen LogP contribution >= 0.6 is 11.6 Å². The molecule has 0 aliphatic carbocycles. The SMILES string of the molecule is O=S(=O)(Cc1ccccc1)N1CCC(c2nc(-c3ccccc3Cl)no2)CC1. The second kappa shape index (κ2) is 8.03. The van der Waals surface area contributed by atoms with E-state index >= 15 is 0 Å². The number of aromatic nitrogens is 2. The fraction of sp³-hybridized carbons (Fsp3) is 0.300. The molecule has 0 atom stereocenters. The molecule has 28 heavy (non-hydrogen) atoms. The third-order valence-corrected chi connectivity index (χ3v) is 7.12. The van der Waals surface area contributed by atoms with E-state index in [9.17, 15) is 8.42 Å². The van der Waals surface area contributed by atoms with Gasteiger partial charge in [0.05, 0.1) is 10.8 Å². The highest BCUT2D eigenvalue weighted by Crippen LogP contribution is 2.31. The molecule has 0 unspecified atom stereocenters. The normalized spacial score (nSPS) is 16.3. The Hall–Kier alpha value is -2.22. The Balaban J connectivity index is 1.41. The molecule has 2 heterocycles. The molecule has 8 heteroatoms. The molecule has 1 aromatic heterocycles. The molecule has 1 fully saturated rings. The largest absolute Gasteiger partial charge is 0.339 e. The number of hydrogen-bond acceptors (Lipinski definition) is 5. The van der Waals surface area contributed by atoms with Gasteiger partial charge in [0.25, 0.3) is 0 Å². The standard InChI is InChI=1S/C20H20ClN3O3S/c21-18-9-5-4-8-17(18)19-22-20(27-23-19)16-10-12-24(13-11-16)28(25,26)14-15-6-2-1-3-7-15/h1-9,16H,10-14H2. The Labute approximate surface area is 169 Å². The molecular weight excluding hydrogens is 398 g/mol. The second-order valence-corrected chi connectivity index (χ2v) is 9.23. The molecule has 1 aliphatic heterocycles. The first-order chi connectivity index (χ1) is 13.5. The summed E-state index contributed by atoms with van der Waals surface area (Å²) < 4.78 is 32.4. The molecule has 1 saturated heterocycles. The summed E-state index contributed by atoms with van der Waals surface area (Å²) >= 11 is 6.19. The van der Waals surface area contributed by atoms with Crippen LogP contribution in [0.15, 0.2) is 59.1 Å². The fourth-order valence-corrected chi connectivity index (χ4v) is 5.19. The van der Waals surface area contributed by atoms with Gasteiger partial charge in [-0.25, -0.2) is 12.7 Å². The van der Waals surface area contributed by atoms with Gasteiger partial charge < -0.3 is 4.52 Å². The van der Waals surface area contributed by atoms with Gasteiger partial charge in [-0.05, 0) is 30.5 Å². The van der Waals surface area contributed by atoms with Crippen molar-refractivity contribution < 1.29 is 12.9 Å². The van der Waals surface area contributed by atoms with Crippen LogP contribution in [0.4, 0.5) is 0 Å². The van der Waals surface area contributed by atoms with Crippen LogP contribution in [-0.4, -0.2) is 36.0 Å². The Morgan fingerprint density at radius 2 is 1.71 bits per heavy atom. The summed E-state index contributed by atoms with van der Waals surface area (Å²) in [6.07, 6.45) is 1.30. The van der Waals surface area contributed by atoms with Gasteiger partial charge in [0, 0.05) is 24.6 Å². The maximum absolute atomic E-state index is 12.7. The van der Waals surface area contributed by atoms with Gasteiger partial charge in [0.2, 0.25) is 21.7 Å². The fourth-order valence-electron chi connectivity index (χ4n) is 3.41.